The van der Waals surface area contributed by atoms with Gasteiger partial charge in [0.05, 0.1) is 10.7 Å². The van der Waals surface area contributed by atoms with E-state index in [2.05, 4.69) is 5.32 Å². The summed E-state index contributed by atoms with van der Waals surface area (Å²) in [4.78, 5) is 21.7. The van der Waals surface area contributed by atoms with E-state index in [1.165, 1.54) is 18.2 Å². The molecule has 0 radical (unpaired) electrons. The highest BCUT2D eigenvalue weighted by Gasteiger charge is 2.12. The molecule has 0 unspecified atom stereocenters. The van der Waals surface area contributed by atoms with Crippen LogP contribution in [-0.4, -0.2) is 32.7 Å². The van der Waals surface area contributed by atoms with E-state index in [1.54, 1.807) is 0 Å². The fourth-order valence-electron chi connectivity index (χ4n) is 1.11. The summed E-state index contributed by atoms with van der Waals surface area (Å²) < 4.78 is 11.2. The van der Waals surface area contributed by atoms with E-state index in [9.17, 15) is 13.8 Å². The number of halogens is 2. The molecule has 0 aliphatic heterocycles. The number of carboxylic acid groups (broad SMARTS) is 1. The maximum Gasteiger partial charge on any atom is 0.316 e. The lowest BCUT2D eigenvalue weighted by Crippen LogP contribution is -2.23. The molecule has 5 nitrogen and oxygen atoms in total. The number of hydrogen-bond acceptors (Lipinski definition) is 3. The first-order valence-electron chi connectivity index (χ1n) is 4.70. The summed E-state index contributed by atoms with van der Waals surface area (Å²) in [5.74, 6) is -2.75. The lowest BCUT2D eigenvalue weighted by molar-refractivity contribution is -0.133. The van der Waals surface area contributed by atoms with Crippen molar-refractivity contribution in [3.8, 4) is 0 Å². The van der Waals surface area contributed by atoms with Crippen LogP contribution >= 0.6 is 23.2 Å². The van der Waals surface area contributed by atoms with Crippen molar-refractivity contribution in [3.63, 3.8) is 0 Å². The van der Waals surface area contributed by atoms with Crippen LogP contribution in [0.3, 0.4) is 0 Å². The molecular formula is C10H9Cl2NO4S. The standard InChI is InChI=1S/C10H9Cl2NO4S/c11-6-1-2-8(7(12)3-6)13-9(14)4-18(17)5-10(15)16/h1-3H,4-5H2,(H,13,14)(H,15,16)/t18-/m1/s1. The summed E-state index contributed by atoms with van der Waals surface area (Å²) in [6, 6.07) is 4.49. The second-order valence-corrected chi connectivity index (χ2v) is 5.60. The summed E-state index contributed by atoms with van der Waals surface area (Å²) in [7, 11) is -1.75. The van der Waals surface area contributed by atoms with Gasteiger partial charge in [0.2, 0.25) is 5.91 Å². The summed E-state index contributed by atoms with van der Waals surface area (Å²) in [5.41, 5.74) is 0.332. The Morgan fingerprint density at radius 2 is 1.94 bits per heavy atom. The van der Waals surface area contributed by atoms with Crippen molar-refractivity contribution in [1.29, 1.82) is 0 Å². The minimum Gasteiger partial charge on any atom is -0.481 e. The maximum absolute atomic E-state index is 11.5. The van der Waals surface area contributed by atoms with Crippen molar-refractivity contribution >= 4 is 51.6 Å². The monoisotopic (exact) mass is 309 g/mol. The Labute approximate surface area is 116 Å². The number of rotatable bonds is 5. The van der Waals surface area contributed by atoms with E-state index >= 15 is 0 Å². The van der Waals surface area contributed by atoms with Crippen LogP contribution in [-0.2, 0) is 20.4 Å². The Hall–Kier alpha value is -1.11. The Kier molecular flexibility index (Phi) is 5.58. The van der Waals surface area contributed by atoms with Crippen LogP contribution in [0.2, 0.25) is 10.0 Å². The van der Waals surface area contributed by atoms with E-state index in [4.69, 9.17) is 28.3 Å². The molecule has 1 rings (SSSR count). The predicted octanol–water partition coefficient (Wildman–Crippen LogP) is 1.77. The third-order valence-corrected chi connectivity index (χ3v) is 3.48. The summed E-state index contributed by atoms with van der Waals surface area (Å²) in [6.45, 7) is 0. The molecule has 0 saturated carbocycles. The highest BCUT2D eigenvalue weighted by Crippen LogP contribution is 2.25. The SMILES string of the molecule is O=C(O)C[S@](=O)CC(=O)Nc1ccc(Cl)cc1Cl. The van der Waals surface area contributed by atoms with E-state index in [1.807, 2.05) is 0 Å². The van der Waals surface area contributed by atoms with E-state index < -0.39 is 34.2 Å². The molecule has 0 heterocycles. The highest BCUT2D eigenvalue weighted by atomic mass is 35.5. The van der Waals surface area contributed by atoms with Crippen molar-refractivity contribution < 1.29 is 18.9 Å². The molecule has 2 N–H and O–H groups in total. The van der Waals surface area contributed by atoms with Gasteiger partial charge in [0.1, 0.15) is 11.5 Å². The molecule has 98 valence electrons. The van der Waals surface area contributed by atoms with Crippen LogP contribution in [0.25, 0.3) is 0 Å². The van der Waals surface area contributed by atoms with Crippen LogP contribution in [0.4, 0.5) is 5.69 Å². The van der Waals surface area contributed by atoms with Gasteiger partial charge in [0.25, 0.3) is 0 Å². The molecular weight excluding hydrogens is 301 g/mol. The molecule has 8 heteroatoms. The van der Waals surface area contributed by atoms with Gasteiger partial charge < -0.3 is 10.4 Å². The zero-order valence-electron chi connectivity index (χ0n) is 8.98. The third kappa shape index (κ3) is 5.03. The number of aliphatic carboxylic acids is 1. The molecule has 0 fully saturated rings. The van der Waals surface area contributed by atoms with Gasteiger partial charge in [0.15, 0.2) is 0 Å². The quantitative estimate of drug-likeness (QED) is 0.868. The summed E-state index contributed by atoms with van der Waals surface area (Å²) in [6.07, 6.45) is 0. The fourth-order valence-corrected chi connectivity index (χ4v) is 2.31. The first kappa shape index (κ1) is 14.9. The third-order valence-electron chi connectivity index (χ3n) is 1.78. The molecule has 0 aromatic heterocycles. The van der Waals surface area contributed by atoms with Crippen molar-refractivity contribution in [1.82, 2.24) is 0 Å². The van der Waals surface area contributed by atoms with Gasteiger partial charge in [-0.2, -0.15) is 0 Å². The number of benzene rings is 1. The molecule has 0 bridgehead atoms. The molecule has 18 heavy (non-hydrogen) atoms. The van der Waals surface area contributed by atoms with Crippen LogP contribution in [0, 0.1) is 0 Å². The Morgan fingerprint density at radius 1 is 1.28 bits per heavy atom. The molecule has 1 amide bonds. The van der Waals surface area contributed by atoms with E-state index in [0.717, 1.165) is 0 Å². The van der Waals surface area contributed by atoms with Gasteiger partial charge >= 0.3 is 5.97 Å². The second kappa shape index (κ2) is 6.72. The Morgan fingerprint density at radius 3 is 2.50 bits per heavy atom. The van der Waals surface area contributed by atoms with E-state index in [-0.39, 0.29) is 5.02 Å². The van der Waals surface area contributed by atoms with Crippen LogP contribution in [0.5, 0.6) is 0 Å². The number of carbonyl (C=O) groups excluding carboxylic acids is 1. The molecule has 1 aromatic rings. The number of nitrogens with one attached hydrogen (secondary N) is 1. The summed E-state index contributed by atoms with van der Waals surface area (Å²) >= 11 is 11.5. The maximum atomic E-state index is 11.5. The van der Waals surface area contributed by atoms with Crippen LogP contribution < -0.4 is 5.32 Å². The molecule has 0 saturated heterocycles. The smallest absolute Gasteiger partial charge is 0.316 e. The zero-order valence-corrected chi connectivity index (χ0v) is 11.3. The van der Waals surface area contributed by atoms with Gasteiger partial charge in [-0.05, 0) is 18.2 Å². The number of carboxylic acids is 1. The minimum atomic E-state index is -1.75. The molecule has 0 spiro atoms. The van der Waals surface area contributed by atoms with Crippen LogP contribution in [0.15, 0.2) is 18.2 Å². The van der Waals surface area contributed by atoms with Crippen molar-refractivity contribution in [3.05, 3.63) is 28.2 Å². The minimum absolute atomic E-state index is 0.250. The van der Waals surface area contributed by atoms with Gasteiger partial charge in [-0.15, -0.1) is 0 Å². The van der Waals surface area contributed by atoms with Crippen molar-refractivity contribution in [2.24, 2.45) is 0 Å². The number of anilines is 1. The van der Waals surface area contributed by atoms with Gasteiger partial charge in [-0.3, -0.25) is 13.8 Å². The fraction of sp³-hybridized carbons (Fsp3) is 0.200. The molecule has 0 aliphatic rings. The number of hydrogen-bond donors (Lipinski definition) is 2. The number of carbonyl (C=O) groups is 2. The lowest BCUT2D eigenvalue weighted by Gasteiger charge is -2.06. The normalized spacial score (nSPS) is 11.9. The molecule has 1 aromatic carbocycles. The largest absolute Gasteiger partial charge is 0.481 e. The topological polar surface area (TPSA) is 83.5 Å². The average Bonchev–Trinajstić information content (AvgIpc) is 2.20. The van der Waals surface area contributed by atoms with Crippen molar-refractivity contribution in [2.45, 2.75) is 0 Å². The number of amides is 1. The van der Waals surface area contributed by atoms with Gasteiger partial charge in [0, 0.05) is 15.8 Å². The van der Waals surface area contributed by atoms with Gasteiger partial charge in [-0.25, -0.2) is 0 Å². The first-order valence-corrected chi connectivity index (χ1v) is 6.94. The summed E-state index contributed by atoms with van der Waals surface area (Å²) in [5, 5.41) is 11.5. The average molecular weight is 310 g/mol. The molecule has 1 atom stereocenters. The van der Waals surface area contributed by atoms with Gasteiger partial charge in [-0.1, -0.05) is 23.2 Å². The van der Waals surface area contributed by atoms with Crippen molar-refractivity contribution in [2.75, 3.05) is 16.8 Å². The molecule has 0 aliphatic carbocycles. The first-order chi connectivity index (χ1) is 8.38. The lowest BCUT2D eigenvalue weighted by atomic mass is 10.3. The van der Waals surface area contributed by atoms with Crippen LogP contribution in [0.1, 0.15) is 0 Å². The highest BCUT2D eigenvalue weighted by molar-refractivity contribution is 7.86. The predicted molar refractivity (Wildman–Crippen MR) is 70.6 cm³/mol. The second-order valence-electron chi connectivity index (χ2n) is 3.29. The Bertz CT molecular complexity index is 507. The zero-order chi connectivity index (χ0) is 13.7. The van der Waals surface area contributed by atoms with E-state index in [0.29, 0.717) is 10.7 Å². The Balaban J connectivity index is 2.59.